The minimum absolute atomic E-state index is 0.689. The maximum absolute atomic E-state index is 5.50. The fourth-order valence-corrected chi connectivity index (χ4v) is 1.74. The molecule has 0 aromatic heterocycles. The standard InChI is InChI=1S/C9H10BrNO/c1-11-5-7-4-8(10)2-3-9(7)12-6-11/h2-4H,5-6H2,1H3. The van der Waals surface area contributed by atoms with Crippen LogP contribution in [-0.4, -0.2) is 18.7 Å². The Morgan fingerprint density at radius 1 is 1.50 bits per heavy atom. The smallest absolute Gasteiger partial charge is 0.142 e. The maximum atomic E-state index is 5.50. The van der Waals surface area contributed by atoms with Gasteiger partial charge in [0.25, 0.3) is 0 Å². The number of ether oxygens (including phenoxy) is 1. The monoisotopic (exact) mass is 227 g/mol. The highest BCUT2D eigenvalue weighted by Crippen LogP contribution is 2.26. The van der Waals surface area contributed by atoms with Gasteiger partial charge in [0.2, 0.25) is 0 Å². The maximum Gasteiger partial charge on any atom is 0.142 e. The molecule has 0 radical (unpaired) electrons. The third-order valence-electron chi connectivity index (χ3n) is 1.90. The van der Waals surface area contributed by atoms with Crippen LogP contribution in [0.25, 0.3) is 0 Å². The molecule has 0 amide bonds. The minimum Gasteiger partial charge on any atom is -0.478 e. The quantitative estimate of drug-likeness (QED) is 0.675. The molecule has 0 unspecified atom stereocenters. The van der Waals surface area contributed by atoms with Gasteiger partial charge in [-0.25, -0.2) is 0 Å². The fourth-order valence-electron chi connectivity index (χ4n) is 1.33. The summed E-state index contributed by atoms with van der Waals surface area (Å²) >= 11 is 3.44. The minimum atomic E-state index is 0.689. The first kappa shape index (κ1) is 8.08. The Bertz CT molecular complexity index is 301. The van der Waals surface area contributed by atoms with Gasteiger partial charge in [-0.3, -0.25) is 4.90 Å². The van der Waals surface area contributed by atoms with Crippen LogP contribution in [0.15, 0.2) is 22.7 Å². The molecule has 0 bridgehead atoms. The van der Waals surface area contributed by atoms with E-state index in [1.807, 2.05) is 19.2 Å². The molecule has 64 valence electrons. The Balaban J connectivity index is 2.37. The summed E-state index contributed by atoms with van der Waals surface area (Å²) in [5, 5.41) is 0. The largest absolute Gasteiger partial charge is 0.478 e. The molecule has 1 aromatic rings. The van der Waals surface area contributed by atoms with Crippen molar-refractivity contribution in [2.45, 2.75) is 6.54 Å². The summed E-state index contributed by atoms with van der Waals surface area (Å²) < 4.78 is 6.61. The number of nitrogens with zero attached hydrogens (tertiary/aromatic N) is 1. The van der Waals surface area contributed by atoms with Gasteiger partial charge in [-0.1, -0.05) is 15.9 Å². The summed E-state index contributed by atoms with van der Waals surface area (Å²) in [6, 6.07) is 6.11. The molecule has 2 nitrogen and oxygen atoms in total. The zero-order valence-electron chi connectivity index (χ0n) is 6.88. The molecular weight excluding hydrogens is 218 g/mol. The van der Waals surface area contributed by atoms with Crippen molar-refractivity contribution in [3.8, 4) is 5.75 Å². The van der Waals surface area contributed by atoms with E-state index in [9.17, 15) is 0 Å². The van der Waals surface area contributed by atoms with Crippen LogP contribution in [-0.2, 0) is 6.54 Å². The van der Waals surface area contributed by atoms with Crippen LogP contribution < -0.4 is 4.74 Å². The van der Waals surface area contributed by atoms with Gasteiger partial charge in [0.15, 0.2) is 0 Å². The molecule has 0 spiro atoms. The Morgan fingerprint density at radius 3 is 3.17 bits per heavy atom. The van der Waals surface area contributed by atoms with Crippen LogP contribution in [0.3, 0.4) is 0 Å². The second-order valence-electron chi connectivity index (χ2n) is 3.04. The Morgan fingerprint density at radius 2 is 2.33 bits per heavy atom. The van der Waals surface area contributed by atoms with Crippen molar-refractivity contribution >= 4 is 15.9 Å². The van der Waals surface area contributed by atoms with E-state index in [-0.39, 0.29) is 0 Å². The van der Waals surface area contributed by atoms with E-state index >= 15 is 0 Å². The normalized spacial score (nSPS) is 16.8. The summed E-state index contributed by atoms with van der Waals surface area (Å²) in [5.74, 6) is 1.01. The van der Waals surface area contributed by atoms with Gasteiger partial charge in [-0.05, 0) is 25.2 Å². The molecule has 1 aliphatic heterocycles. The Labute approximate surface area is 80.3 Å². The molecule has 1 aromatic carbocycles. The van der Waals surface area contributed by atoms with Gasteiger partial charge >= 0.3 is 0 Å². The van der Waals surface area contributed by atoms with Gasteiger partial charge in [-0.15, -0.1) is 0 Å². The van der Waals surface area contributed by atoms with Crippen molar-refractivity contribution in [2.24, 2.45) is 0 Å². The third-order valence-corrected chi connectivity index (χ3v) is 2.40. The molecule has 0 saturated carbocycles. The van der Waals surface area contributed by atoms with Crippen molar-refractivity contribution in [1.29, 1.82) is 0 Å². The third kappa shape index (κ3) is 1.47. The summed E-state index contributed by atoms with van der Waals surface area (Å²) in [4.78, 5) is 2.13. The van der Waals surface area contributed by atoms with Gasteiger partial charge in [0, 0.05) is 16.6 Å². The molecule has 1 heterocycles. The average molecular weight is 228 g/mol. The number of benzene rings is 1. The Kier molecular flexibility index (Phi) is 2.07. The molecule has 1 aliphatic rings. The number of fused-ring (bicyclic) bond motifs is 1. The van der Waals surface area contributed by atoms with Crippen molar-refractivity contribution in [1.82, 2.24) is 4.90 Å². The van der Waals surface area contributed by atoms with Gasteiger partial charge in [0.1, 0.15) is 12.5 Å². The fraction of sp³-hybridized carbons (Fsp3) is 0.333. The topological polar surface area (TPSA) is 12.5 Å². The van der Waals surface area contributed by atoms with Crippen molar-refractivity contribution in [2.75, 3.05) is 13.8 Å². The first-order valence-corrected chi connectivity index (χ1v) is 4.65. The zero-order chi connectivity index (χ0) is 8.55. The summed E-state index contributed by atoms with van der Waals surface area (Å²) in [7, 11) is 2.05. The number of halogens is 1. The predicted octanol–water partition coefficient (Wildman–Crippen LogP) is 2.23. The molecule has 3 heteroatoms. The molecule has 0 aliphatic carbocycles. The van der Waals surface area contributed by atoms with Crippen LogP contribution in [0.5, 0.6) is 5.75 Å². The first-order chi connectivity index (χ1) is 5.75. The predicted molar refractivity (Wildman–Crippen MR) is 51.1 cm³/mol. The van der Waals surface area contributed by atoms with E-state index in [1.165, 1.54) is 5.56 Å². The second-order valence-corrected chi connectivity index (χ2v) is 3.96. The van der Waals surface area contributed by atoms with Gasteiger partial charge < -0.3 is 4.74 Å². The van der Waals surface area contributed by atoms with Gasteiger partial charge in [-0.2, -0.15) is 0 Å². The van der Waals surface area contributed by atoms with Crippen LogP contribution >= 0.6 is 15.9 Å². The number of hydrogen-bond donors (Lipinski definition) is 0. The average Bonchev–Trinajstić information content (AvgIpc) is 2.03. The summed E-state index contributed by atoms with van der Waals surface area (Å²) in [6.07, 6.45) is 0. The van der Waals surface area contributed by atoms with Crippen LogP contribution in [0.4, 0.5) is 0 Å². The molecule has 0 saturated heterocycles. The van der Waals surface area contributed by atoms with E-state index in [2.05, 4.69) is 26.9 Å². The lowest BCUT2D eigenvalue weighted by atomic mass is 10.2. The molecule has 2 rings (SSSR count). The van der Waals surface area contributed by atoms with E-state index < -0.39 is 0 Å². The van der Waals surface area contributed by atoms with E-state index in [1.54, 1.807) is 0 Å². The molecular formula is C9H10BrNO. The highest BCUT2D eigenvalue weighted by atomic mass is 79.9. The lowest BCUT2D eigenvalue weighted by Gasteiger charge is -2.25. The van der Waals surface area contributed by atoms with Crippen molar-refractivity contribution < 1.29 is 4.74 Å². The lowest BCUT2D eigenvalue weighted by molar-refractivity contribution is 0.121. The highest BCUT2D eigenvalue weighted by Gasteiger charge is 2.13. The van der Waals surface area contributed by atoms with Crippen molar-refractivity contribution in [3.63, 3.8) is 0 Å². The molecule has 0 N–H and O–H groups in total. The second kappa shape index (κ2) is 3.07. The van der Waals surface area contributed by atoms with Crippen LogP contribution in [0.1, 0.15) is 5.56 Å². The van der Waals surface area contributed by atoms with Crippen LogP contribution in [0.2, 0.25) is 0 Å². The van der Waals surface area contributed by atoms with E-state index in [4.69, 9.17) is 4.74 Å². The number of hydrogen-bond acceptors (Lipinski definition) is 2. The van der Waals surface area contributed by atoms with Gasteiger partial charge in [0.05, 0.1) is 0 Å². The molecule has 12 heavy (non-hydrogen) atoms. The molecule has 0 fully saturated rings. The lowest BCUT2D eigenvalue weighted by Crippen LogP contribution is -2.27. The number of rotatable bonds is 0. The zero-order valence-corrected chi connectivity index (χ0v) is 8.47. The Hall–Kier alpha value is -0.540. The highest BCUT2D eigenvalue weighted by molar-refractivity contribution is 9.10. The van der Waals surface area contributed by atoms with Crippen molar-refractivity contribution in [3.05, 3.63) is 28.2 Å². The molecule has 0 atom stereocenters. The SMILES string of the molecule is CN1COc2ccc(Br)cc2C1. The van der Waals surface area contributed by atoms with Crippen LogP contribution in [0, 0.1) is 0 Å². The summed E-state index contributed by atoms with van der Waals surface area (Å²) in [6.45, 7) is 1.66. The first-order valence-electron chi connectivity index (χ1n) is 3.85. The summed E-state index contributed by atoms with van der Waals surface area (Å²) in [5.41, 5.74) is 1.25. The van der Waals surface area contributed by atoms with E-state index in [0.717, 1.165) is 16.8 Å². The van der Waals surface area contributed by atoms with E-state index in [0.29, 0.717) is 6.73 Å².